The fourth-order valence-electron chi connectivity index (χ4n) is 6.30. The van der Waals surface area contributed by atoms with Crippen LogP contribution >= 0.6 is 0 Å². The van der Waals surface area contributed by atoms with Crippen molar-refractivity contribution < 1.29 is 0 Å². The lowest BCUT2D eigenvalue weighted by Gasteiger charge is -2.15. The van der Waals surface area contributed by atoms with E-state index < -0.39 is 0 Å². The highest BCUT2D eigenvalue weighted by molar-refractivity contribution is 5.96. The van der Waals surface area contributed by atoms with Crippen LogP contribution in [0.4, 0.5) is 0 Å². The third kappa shape index (κ3) is 8.21. The predicted octanol–water partition coefficient (Wildman–Crippen LogP) is 12.4. The van der Waals surface area contributed by atoms with E-state index in [4.69, 9.17) is 0 Å². The molecule has 0 aliphatic rings. The molecule has 2 heteroatoms. The number of aryl methyl sites for hydroxylation is 2. The first-order valence-corrected chi connectivity index (χ1v) is 17.0. The molecule has 5 rings (SSSR count). The van der Waals surface area contributed by atoms with E-state index in [2.05, 4.69) is 111 Å². The van der Waals surface area contributed by atoms with E-state index >= 15 is 0 Å². The van der Waals surface area contributed by atoms with Gasteiger partial charge >= 0.3 is 0 Å². The fourth-order valence-corrected chi connectivity index (χ4v) is 6.30. The minimum Gasteiger partial charge on any atom is -0.192 e. The Kier molecular flexibility index (Phi) is 11.6. The van der Waals surface area contributed by atoms with Gasteiger partial charge in [0.15, 0.2) is 0 Å². The van der Waals surface area contributed by atoms with Crippen LogP contribution in [0.1, 0.15) is 98.6 Å². The SMILES string of the molecule is CCCCCCc1cc(/C=C(\C#N)c2ccc3ccccc3c2)c(CCCCCC)cc1/C=C(\C#N)c1ccc2ccccc2c1. The van der Waals surface area contributed by atoms with Crippen LogP contribution in [0.3, 0.4) is 0 Å². The molecule has 5 aromatic carbocycles. The maximum atomic E-state index is 10.4. The molecule has 0 spiro atoms. The molecule has 0 saturated heterocycles. The quantitative estimate of drug-likeness (QED) is 0.0723. The van der Waals surface area contributed by atoms with Crippen LogP contribution in [0.2, 0.25) is 0 Å². The van der Waals surface area contributed by atoms with Gasteiger partial charge in [-0.3, -0.25) is 0 Å². The van der Waals surface area contributed by atoms with Gasteiger partial charge in [0, 0.05) is 0 Å². The first-order valence-electron chi connectivity index (χ1n) is 17.0. The van der Waals surface area contributed by atoms with Crippen molar-refractivity contribution in [1.82, 2.24) is 0 Å². The van der Waals surface area contributed by atoms with Crippen LogP contribution in [0.5, 0.6) is 0 Å². The third-order valence-electron chi connectivity index (χ3n) is 8.96. The van der Waals surface area contributed by atoms with Crippen molar-refractivity contribution in [2.24, 2.45) is 0 Å². The first kappa shape index (κ1) is 32.5. The van der Waals surface area contributed by atoms with Gasteiger partial charge in [-0.1, -0.05) is 137 Å². The molecule has 0 aromatic heterocycles. The Morgan fingerprint density at radius 2 is 0.913 bits per heavy atom. The van der Waals surface area contributed by atoms with Gasteiger partial charge < -0.3 is 0 Å². The van der Waals surface area contributed by atoms with E-state index in [1.165, 1.54) is 60.4 Å². The minimum absolute atomic E-state index is 0.676. The van der Waals surface area contributed by atoms with Crippen molar-refractivity contribution in [2.45, 2.75) is 78.1 Å². The zero-order valence-corrected chi connectivity index (χ0v) is 27.4. The molecular weight excluding hydrogens is 556 g/mol. The number of nitrogens with zero attached hydrogens (tertiary/aromatic N) is 2. The average Bonchev–Trinajstić information content (AvgIpc) is 3.10. The van der Waals surface area contributed by atoms with E-state index in [0.29, 0.717) is 11.1 Å². The van der Waals surface area contributed by atoms with Gasteiger partial charge in [0.2, 0.25) is 0 Å². The summed E-state index contributed by atoms with van der Waals surface area (Å²) in [5, 5.41) is 25.3. The van der Waals surface area contributed by atoms with E-state index in [1.54, 1.807) is 0 Å². The van der Waals surface area contributed by atoms with Crippen molar-refractivity contribution in [3.63, 3.8) is 0 Å². The monoisotopic (exact) mass is 600 g/mol. The molecule has 5 aromatic rings. The van der Waals surface area contributed by atoms with Gasteiger partial charge in [-0.05, 0) is 105 Å². The Labute approximate surface area is 275 Å². The molecule has 2 nitrogen and oxygen atoms in total. The summed E-state index contributed by atoms with van der Waals surface area (Å²) < 4.78 is 0. The van der Waals surface area contributed by atoms with Crippen molar-refractivity contribution in [3.05, 3.63) is 130 Å². The second-order valence-electron chi connectivity index (χ2n) is 12.3. The number of unbranched alkanes of at least 4 members (excludes halogenated alkanes) is 6. The molecule has 0 fully saturated rings. The first-order chi connectivity index (χ1) is 22.6. The lowest BCUT2D eigenvalue weighted by Crippen LogP contribution is -1.99. The molecule has 0 aliphatic carbocycles. The molecule has 230 valence electrons. The molecule has 0 aliphatic heterocycles. The lowest BCUT2D eigenvalue weighted by molar-refractivity contribution is 0.663. The van der Waals surface area contributed by atoms with E-state index in [-0.39, 0.29) is 0 Å². The van der Waals surface area contributed by atoms with Crippen LogP contribution in [0.25, 0.3) is 44.8 Å². The number of hydrogen-bond acceptors (Lipinski definition) is 2. The molecule has 0 N–H and O–H groups in total. The third-order valence-corrected chi connectivity index (χ3v) is 8.96. The number of hydrogen-bond donors (Lipinski definition) is 0. The van der Waals surface area contributed by atoms with Gasteiger partial charge in [0.05, 0.1) is 23.3 Å². The Balaban J connectivity index is 1.62. The largest absolute Gasteiger partial charge is 0.192 e. The normalized spacial score (nSPS) is 11.9. The number of fused-ring (bicyclic) bond motifs is 2. The summed E-state index contributed by atoms with van der Waals surface area (Å²) in [5.41, 5.74) is 7.95. The van der Waals surface area contributed by atoms with Crippen LogP contribution in [0, 0.1) is 22.7 Å². The second kappa shape index (κ2) is 16.4. The Bertz CT molecular complexity index is 1800. The average molecular weight is 601 g/mol. The zero-order valence-electron chi connectivity index (χ0n) is 27.4. The Hall–Kier alpha value is -4.92. The summed E-state index contributed by atoms with van der Waals surface area (Å²) in [4.78, 5) is 0. The molecule has 0 bridgehead atoms. The maximum absolute atomic E-state index is 10.4. The summed E-state index contributed by atoms with van der Waals surface area (Å²) in [6, 6.07) is 38.8. The predicted molar refractivity (Wildman–Crippen MR) is 197 cm³/mol. The molecule has 0 atom stereocenters. The summed E-state index contributed by atoms with van der Waals surface area (Å²) in [5.74, 6) is 0. The van der Waals surface area contributed by atoms with Crippen LogP contribution in [0.15, 0.2) is 97.1 Å². The standard InChI is InChI=1S/C44H44N2/c1-3-5-7-9-17-37-27-42(30-44(32-46)40-24-22-34-16-12-14-20-36(34)26-40)38(18-10-8-6-4-2)28-41(37)29-43(31-45)39-23-21-33-15-11-13-19-35(33)25-39/h11-16,19-30H,3-10,17-18H2,1-2H3/b43-29+,44-30+. The van der Waals surface area contributed by atoms with Crippen LogP contribution < -0.4 is 0 Å². The molecule has 0 radical (unpaired) electrons. The van der Waals surface area contributed by atoms with Crippen molar-refractivity contribution in [2.75, 3.05) is 0 Å². The number of rotatable bonds is 14. The highest BCUT2D eigenvalue weighted by Gasteiger charge is 2.13. The molecule has 0 heterocycles. The van der Waals surface area contributed by atoms with Gasteiger partial charge in [0.25, 0.3) is 0 Å². The van der Waals surface area contributed by atoms with Gasteiger partial charge in [-0.15, -0.1) is 0 Å². The van der Waals surface area contributed by atoms with E-state index in [0.717, 1.165) is 58.7 Å². The van der Waals surface area contributed by atoms with Gasteiger partial charge in [-0.2, -0.15) is 10.5 Å². The lowest BCUT2D eigenvalue weighted by atomic mass is 9.89. The van der Waals surface area contributed by atoms with E-state index in [1.807, 2.05) is 24.3 Å². The summed E-state index contributed by atoms with van der Waals surface area (Å²) in [6.07, 6.45) is 15.4. The second-order valence-corrected chi connectivity index (χ2v) is 12.3. The molecule has 46 heavy (non-hydrogen) atoms. The molecule has 0 unspecified atom stereocenters. The van der Waals surface area contributed by atoms with Crippen molar-refractivity contribution in [3.8, 4) is 12.1 Å². The maximum Gasteiger partial charge on any atom is 0.0998 e. The number of nitriles is 2. The van der Waals surface area contributed by atoms with E-state index in [9.17, 15) is 10.5 Å². The number of benzene rings is 5. The highest BCUT2D eigenvalue weighted by Crippen LogP contribution is 2.30. The van der Waals surface area contributed by atoms with Crippen molar-refractivity contribution >= 4 is 44.8 Å². The van der Waals surface area contributed by atoms with Gasteiger partial charge in [-0.25, -0.2) is 0 Å². The Morgan fingerprint density at radius 3 is 1.30 bits per heavy atom. The highest BCUT2D eigenvalue weighted by atomic mass is 14.3. The summed E-state index contributed by atoms with van der Waals surface area (Å²) in [7, 11) is 0. The fraction of sp³-hybridized carbons (Fsp3) is 0.273. The smallest absolute Gasteiger partial charge is 0.0998 e. The summed E-state index contributed by atoms with van der Waals surface area (Å²) in [6.45, 7) is 4.48. The van der Waals surface area contributed by atoms with Crippen molar-refractivity contribution in [1.29, 1.82) is 10.5 Å². The van der Waals surface area contributed by atoms with Crippen LogP contribution in [-0.4, -0.2) is 0 Å². The van der Waals surface area contributed by atoms with Gasteiger partial charge in [0.1, 0.15) is 0 Å². The zero-order chi connectivity index (χ0) is 32.1. The molecular formula is C44H44N2. The minimum atomic E-state index is 0.676. The Morgan fingerprint density at radius 1 is 0.500 bits per heavy atom. The molecule has 0 saturated carbocycles. The number of allylic oxidation sites excluding steroid dienone is 2. The summed E-state index contributed by atoms with van der Waals surface area (Å²) >= 11 is 0. The molecule has 0 amide bonds. The van der Waals surface area contributed by atoms with Crippen LogP contribution in [-0.2, 0) is 12.8 Å². The topological polar surface area (TPSA) is 47.6 Å².